The summed E-state index contributed by atoms with van der Waals surface area (Å²) in [6.07, 6.45) is 10.4. The first-order chi connectivity index (χ1) is 11.7. The Bertz CT molecular complexity index is 624. The summed E-state index contributed by atoms with van der Waals surface area (Å²) in [6, 6.07) is 8.19. The first kappa shape index (κ1) is 15.9. The fraction of sp³-hybridized carbons (Fsp3) is 0.550. The second-order valence-electron chi connectivity index (χ2n) is 8.06. The fourth-order valence-corrected chi connectivity index (χ4v) is 5.66. The summed E-state index contributed by atoms with van der Waals surface area (Å²) in [6.45, 7) is 2.08. The Morgan fingerprint density at radius 1 is 1.17 bits per heavy atom. The van der Waals surface area contributed by atoms with E-state index in [2.05, 4.69) is 17.4 Å². The Labute approximate surface area is 143 Å². The van der Waals surface area contributed by atoms with Crippen molar-refractivity contribution < 1.29 is 10.0 Å². The number of rotatable bonds is 6. The van der Waals surface area contributed by atoms with E-state index in [-0.39, 0.29) is 0 Å². The molecule has 24 heavy (non-hydrogen) atoms. The van der Waals surface area contributed by atoms with Crippen molar-refractivity contribution >= 4 is 12.0 Å². The number of nitrogens with one attached hydrogen (secondary N) is 2. The molecule has 1 aromatic carbocycles. The van der Waals surface area contributed by atoms with Crippen molar-refractivity contribution in [3.8, 4) is 0 Å². The Balaban J connectivity index is 1.29. The highest BCUT2D eigenvalue weighted by molar-refractivity contribution is 5.90. The molecule has 2 unspecified atom stereocenters. The van der Waals surface area contributed by atoms with Gasteiger partial charge in [0, 0.05) is 19.2 Å². The lowest BCUT2D eigenvalue weighted by molar-refractivity contribution is -0.124. The summed E-state index contributed by atoms with van der Waals surface area (Å²) in [5.74, 6) is 2.51. The lowest BCUT2D eigenvalue weighted by Gasteiger charge is -2.33. The molecule has 0 radical (unpaired) electrons. The van der Waals surface area contributed by atoms with Crippen LogP contribution in [0.4, 0.5) is 0 Å². The summed E-state index contributed by atoms with van der Waals surface area (Å²) in [5.41, 5.74) is 4.42. The molecular formula is C20H26N2O2. The maximum absolute atomic E-state index is 11.0. The second kappa shape index (κ2) is 6.34. The van der Waals surface area contributed by atoms with E-state index in [4.69, 9.17) is 5.21 Å². The normalized spacial score (nSPS) is 33.5. The lowest BCUT2D eigenvalue weighted by atomic mass is 9.75. The van der Waals surface area contributed by atoms with E-state index in [0.717, 1.165) is 29.9 Å². The molecule has 0 aliphatic heterocycles. The number of carbonyl (C=O) groups is 1. The SMILES string of the molecule is O=C(/C=C/c1ccc(CNCC23C[C@@H]4CC2C[C@@H](C4)C3)cc1)NO. The maximum Gasteiger partial charge on any atom is 0.267 e. The van der Waals surface area contributed by atoms with Gasteiger partial charge in [0.2, 0.25) is 0 Å². The molecule has 4 saturated carbocycles. The number of hydrogen-bond acceptors (Lipinski definition) is 3. The predicted octanol–water partition coefficient (Wildman–Crippen LogP) is 3.12. The van der Waals surface area contributed by atoms with Gasteiger partial charge >= 0.3 is 0 Å². The standard InChI is InChI=1S/C20H26N2O2/c23-19(22-24)6-5-14-1-3-15(4-2-14)12-21-13-20-10-16-7-17(11-20)9-18(20)8-16/h1-6,16-18,21,24H,7-13H2,(H,22,23)/b6-5+/t16-,17+,18?,20?. The molecule has 3 N–H and O–H groups in total. The largest absolute Gasteiger partial charge is 0.312 e. The Kier molecular flexibility index (Phi) is 4.19. The quantitative estimate of drug-likeness (QED) is 0.428. The third-order valence-electron chi connectivity index (χ3n) is 6.48. The van der Waals surface area contributed by atoms with Gasteiger partial charge in [0.25, 0.3) is 5.91 Å². The highest BCUT2D eigenvalue weighted by Crippen LogP contribution is 2.65. The molecule has 4 aliphatic carbocycles. The number of amides is 1. The summed E-state index contributed by atoms with van der Waals surface area (Å²) < 4.78 is 0. The van der Waals surface area contributed by atoms with E-state index in [1.165, 1.54) is 50.3 Å². The van der Waals surface area contributed by atoms with Gasteiger partial charge in [-0.15, -0.1) is 0 Å². The van der Waals surface area contributed by atoms with Crippen LogP contribution in [0.1, 0.15) is 43.2 Å². The van der Waals surface area contributed by atoms with Gasteiger partial charge in [0.05, 0.1) is 0 Å². The summed E-state index contributed by atoms with van der Waals surface area (Å²) in [5, 5.41) is 12.2. The van der Waals surface area contributed by atoms with Crippen molar-refractivity contribution in [3.05, 3.63) is 41.5 Å². The van der Waals surface area contributed by atoms with Gasteiger partial charge < -0.3 is 5.32 Å². The minimum Gasteiger partial charge on any atom is -0.312 e. The molecule has 4 nitrogen and oxygen atoms in total. The molecule has 4 fully saturated rings. The van der Waals surface area contributed by atoms with Gasteiger partial charge in [-0.1, -0.05) is 24.3 Å². The molecule has 4 bridgehead atoms. The molecule has 1 aromatic rings. The summed E-state index contributed by atoms with van der Waals surface area (Å²) in [4.78, 5) is 11.0. The zero-order valence-corrected chi connectivity index (χ0v) is 14.0. The van der Waals surface area contributed by atoms with E-state index < -0.39 is 5.91 Å². The zero-order valence-electron chi connectivity index (χ0n) is 14.0. The van der Waals surface area contributed by atoms with E-state index in [1.54, 1.807) is 11.6 Å². The van der Waals surface area contributed by atoms with Crippen molar-refractivity contribution in [2.75, 3.05) is 6.54 Å². The molecule has 4 heteroatoms. The van der Waals surface area contributed by atoms with Crippen LogP contribution in [0.2, 0.25) is 0 Å². The second-order valence-corrected chi connectivity index (χ2v) is 8.06. The van der Waals surface area contributed by atoms with E-state index >= 15 is 0 Å². The topological polar surface area (TPSA) is 61.4 Å². The van der Waals surface area contributed by atoms with Gasteiger partial charge in [0.1, 0.15) is 0 Å². The van der Waals surface area contributed by atoms with Crippen molar-refractivity contribution in [1.82, 2.24) is 10.8 Å². The molecule has 4 atom stereocenters. The average molecular weight is 326 g/mol. The summed E-state index contributed by atoms with van der Waals surface area (Å²) in [7, 11) is 0. The lowest BCUT2D eigenvalue weighted by Crippen LogP contribution is -2.35. The molecule has 4 aliphatic rings. The first-order valence-corrected chi connectivity index (χ1v) is 9.09. The molecular weight excluding hydrogens is 300 g/mol. The minimum absolute atomic E-state index is 0.513. The predicted molar refractivity (Wildman–Crippen MR) is 93.1 cm³/mol. The third kappa shape index (κ3) is 3.01. The molecule has 1 amide bonds. The fourth-order valence-electron chi connectivity index (χ4n) is 5.66. The van der Waals surface area contributed by atoms with Gasteiger partial charge in [0.15, 0.2) is 0 Å². The van der Waals surface area contributed by atoms with E-state index in [9.17, 15) is 4.79 Å². The molecule has 128 valence electrons. The van der Waals surface area contributed by atoms with Crippen LogP contribution < -0.4 is 10.8 Å². The maximum atomic E-state index is 11.0. The van der Waals surface area contributed by atoms with Gasteiger partial charge in [-0.2, -0.15) is 0 Å². The van der Waals surface area contributed by atoms with Crippen LogP contribution in [0, 0.1) is 23.2 Å². The van der Waals surface area contributed by atoms with Crippen LogP contribution in [-0.2, 0) is 11.3 Å². The van der Waals surface area contributed by atoms with Gasteiger partial charge in [-0.05, 0) is 72.5 Å². The molecule has 0 heterocycles. The monoisotopic (exact) mass is 326 g/mol. The molecule has 5 rings (SSSR count). The van der Waals surface area contributed by atoms with Crippen LogP contribution in [0.15, 0.2) is 30.3 Å². The highest BCUT2D eigenvalue weighted by Gasteiger charge is 2.56. The highest BCUT2D eigenvalue weighted by atomic mass is 16.5. The van der Waals surface area contributed by atoms with Crippen LogP contribution >= 0.6 is 0 Å². The van der Waals surface area contributed by atoms with Gasteiger partial charge in [-0.25, -0.2) is 5.48 Å². The van der Waals surface area contributed by atoms with Crippen molar-refractivity contribution in [3.63, 3.8) is 0 Å². The molecule has 0 saturated heterocycles. The number of hydrogen-bond donors (Lipinski definition) is 3. The first-order valence-electron chi connectivity index (χ1n) is 9.09. The smallest absolute Gasteiger partial charge is 0.267 e. The number of hydroxylamine groups is 1. The zero-order chi connectivity index (χ0) is 16.6. The Morgan fingerprint density at radius 3 is 2.54 bits per heavy atom. The number of carbonyl (C=O) groups excluding carboxylic acids is 1. The average Bonchev–Trinajstić information content (AvgIpc) is 2.97. The van der Waals surface area contributed by atoms with E-state index in [1.807, 2.05) is 12.1 Å². The minimum atomic E-state index is -0.513. The van der Waals surface area contributed by atoms with Crippen LogP contribution in [-0.4, -0.2) is 17.7 Å². The van der Waals surface area contributed by atoms with E-state index in [0.29, 0.717) is 5.41 Å². The van der Waals surface area contributed by atoms with Gasteiger partial charge in [-0.3, -0.25) is 10.0 Å². The van der Waals surface area contributed by atoms with Crippen LogP contribution in [0.25, 0.3) is 6.08 Å². The van der Waals surface area contributed by atoms with Crippen LogP contribution in [0.5, 0.6) is 0 Å². The Morgan fingerprint density at radius 2 is 1.88 bits per heavy atom. The van der Waals surface area contributed by atoms with Crippen molar-refractivity contribution in [1.29, 1.82) is 0 Å². The van der Waals surface area contributed by atoms with Crippen molar-refractivity contribution in [2.24, 2.45) is 23.2 Å². The Hall–Kier alpha value is -1.65. The van der Waals surface area contributed by atoms with Crippen molar-refractivity contribution in [2.45, 2.75) is 38.6 Å². The number of benzene rings is 1. The third-order valence-corrected chi connectivity index (χ3v) is 6.48. The molecule has 0 aromatic heterocycles. The summed E-state index contributed by atoms with van der Waals surface area (Å²) >= 11 is 0. The van der Waals surface area contributed by atoms with Crippen LogP contribution in [0.3, 0.4) is 0 Å². The molecule has 0 spiro atoms.